The first-order valence-electron chi connectivity index (χ1n) is 20.2. The first kappa shape index (κ1) is 34.6. The first-order valence-corrected chi connectivity index (χ1v) is 21.0. The second-order valence-electron chi connectivity index (χ2n) is 16.0. The summed E-state index contributed by atoms with van der Waals surface area (Å²) in [5, 5.41) is 2.45. The summed E-state index contributed by atoms with van der Waals surface area (Å²) in [5.74, 6) is 0. The Morgan fingerprint density at radius 2 is 0.983 bits per heavy atom. The number of fused-ring (bicyclic) bond motifs is 6. The third-order valence-corrected chi connectivity index (χ3v) is 13.8. The summed E-state index contributed by atoms with van der Waals surface area (Å²) in [6.45, 7) is 4.72. The second kappa shape index (κ2) is 13.5. The van der Waals surface area contributed by atoms with Gasteiger partial charge in [0, 0.05) is 32.0 Å². The number of hydrogen-bond donors (Lipinski definition) is 0. The maximum atomic E-state index is 2.45. The van der Waals surface area contributed by atoms with E-state index in [1.807, 2.05) is 11.8 Å². The van der Waals surface area contributed by atoms with E-state index in [1.165, 1.54) is 81.9 Å². The Balaban J connectivity index is 1.08. The lowest BCUT2D eigenvalue weighted by atomic mass is 9.64. The molecule has 9 aromatic carbocycles. The lowest BCUT2D eigenvalue weighted by Crippen LogP contribution is -2.34. The van der Waals surface area contributed by atoms with Crippen molar-refractivity contribution >= 4 is 39.6 Å². The zero-order valence-corrected chi connectivity index (χ0v) is 33.4. The van der Waals surface area contributed by atoms with Gasteiger partial charge in [0.2, 0.25) is 0 Å². The highest BCUT2D eigenvalue weighted by Crippen LogP contribution is 2.58. The van der Waals surface area contributed by atoms with Gasteiger partial charge in [0.05, 0.1) is 11.1 Å². The summed E-state index contributed by atoms with van der Waals surface area (Å²) in [6, 6.07) is 78.6. The first-order chi connectivity index (χ1) is 28.5. The summed E-state index contributed by atoms with van der Waals surface area (Å²) in [7, 11) is 0. The number of nitrogens with zero attached hydrogens (tertiary/aromatic N) is 1. The van der Waals surface area contributed by atoms with Gasteiger partial charge in [-0.05, 0) is 97.4 Å². The molecule has 0 fully saturated rings. The molecule has 58 heavy (non-hydrogen) atoms. The van der Waals surface area contributed by atoms with Crippen molar-refractivity contribution in [2.24, 2.45) is 0 Å². The summed E-state index contributed by atoms with van der Waals surface area (Å²) in [5.41, 5.74) is 15.9. The topological polar surface area (TPSA) is 3.24 Å². The van der Waals surface area contributed by atoms with Crippen LogP contribution in [0.2, 0.25) is 0 Å². The van der Waals surface area contributed by atoms with Gasteiger partial charge in [-0.1, -0.05) is 202 Å². The minimum Gasteiger partial charge on any atom is -0.310 e. The van der Waals surface area contributed by atoms with Crippen LogP contribution in [-0.2, 0) is 10.8 Å². The Morgan fingerprint density at radius 1 is 0.414 bits per heavy atom. The van der Waals surface area contributed by atoms with Gasteiger partial charge >= 0.3 is 0 Å². The van der Waals surface area contributed by atoms with Gasteiger partial charge in [-0.25, -0.2) is 0 Å². The van der Waals surface area contributed by atoms with Crippen molar-refractivity contribution in [3.63, 3.8) is 0 Å². The molecule has 2 heteroatoms. The molecule has 0 N–H and O–H groups in total. The number of benzene rings is 9. The van der Waals surface area contributed by atoms with Crippen molar-refractivity contribution < 1.29 is 0 Å². The van der Waals surface area contributed by atoms with Crippen LogP contribution < -0.4 is 4.90 Å². The number of rotatable bonds is 6. The average molecular weight is 760 g/mol. The molecule has 2 aliphatic rings. The molecule has 1 nitrogen and oxygen atoms in total. The molecule has 1 heterocycles. The fourth-order valence-corrected chi connectivity index (χ4v) is 11.2. The van der Waals surface area contributed by atoms with E-state index in [0.717, 1.165) is 11.4 Å². The summed E-state index contributed by atoms with van der Waals surface area (Å²) in [4.78, 5) is 5.04. The fourth-order valence-electron chi connectivity index (χ4n) is 9.91. The van der Waals surface area contributed by atoms with Gasteiger partial charge in [0.25, 0.3) is 0 Å². The van der Waals surface area contributed by atoms with Crippen LogP contribution in [0, 0.1) is 0 Å². The van der Waals surface area contributed by atoms with Crippen LogP contribution >= 0.6 is 11.8 Å². The third-order valence-electron chi connectivity index (χ3n) is 12.6. The van der Waals surface area contributed by atoms with Gasteiger partial charge in [-0.3, -0.25) is 0 Å². The van der Waals surface area contributed by atoms with E-state index in [-0.39, 0.29) is 5.41 Å². The molecule has 0 bridgehead atoms. The van der Waals surface area contributed by atoms with Crippen LogP contribution in [0.15, 0.2) is 222 Å². The zero-order chi connectivity index (χ0) is 38.8. The predicted molar refractivity (Wildman–Crippen MR) is 244 cm³/mol. The van der Waals surface area contributed by atoms with E-state index in [1.54, 1.807) is 0 Å². The molecule has 1 aliphatic heterocycles. The fraction of sp³-hybridized carbons (Fsp3) is 0.0714. The lowest BCUT2D eigenvalue weighted by Gasteiger charge is -2.42. The van der Waals surface area contributed by atoms with Gasteiger partial charge < -0.3 is 4.90 Å². The highest BCUT2D eigenvalue weighted by Gasteiger charge is 2.45. The van der Waals surface area contributed by atoms with Crippen LogP contribution in [0.25, 0.3) is 33.0 Å². The van der Waals surface area contributed by atoms with Crippen molar-refractivity contribution in [2.45, 2.75) is 34.5 Å². The average Bonchev–Trinajstić information content (AvgIpc) is 3.51. The van der Waals surface area contributed by atoms with Gasteiger partial charge in [-0.2, -0.15) is 0 Å². The molecule has 11 rings (SSSR count). The smallest absolute Gasteiger partial charge is 0.0723 e. The zero-order valence-electron chi connectivity index (χ0n) is 32.6. The molecule has 0 atom stereocenters. The highest BCUT2D eigenvalue weighted by molar-refractivity contribution is 7.99. The van der Waals surface area contributed by atoms with Crippen molar-refractivity contribution in [3.8, 4) is 22.3 Å². The SMILES string of the molecule is CC1(C)c2ccccc2-c2ccc(N(c3ccc(-c4cccc5c4Sc4ccccc4C5(c4ccccc4)c4ccccc4)cc3)c3cccc4ccccc34)cc21. The standard InChI is InChI=1S/C56H41NS/c1-55(2)48-26-12-11-24-46(48)47-36-35-43(37-51(47)55)57(52-29-15-18-38-17-9-10-23-44(38)52)42-33-31-39(32-34-42)45-25-16-28-50-54(45)58-53-30-14-13-27-49(53)56(50,40-19-5-3-6-20-40)41-21-7-4-8-22-41/h3-37H,1-2H3. The van der Waals surface area contributed by atoms with E-state index in [4.69, 9.17) is 0 Å². The second-order valence-corrected chi connectivity index (χ2v) is 17.1. The summed E-state index contributed by atoms with van der Waals surface area (Å²) >= 11 is 1.90. The molecule has 0 saturated heterocycles. The normalized spacial score (nSPS) is 14.2. The Hall–Kier alpha value is -6.61. The maximum Gasteiger partial charge on any atom is 0.0723 e. The Morgan fingerprint density at radius 3 is 1.76 bits per heavy atom. The Labute approximate surface area is 345 Å². The minimum atomic E-state index is -0.470. The van der Waals surface area contributed by atoms with Gasteiger partial charge in [0.1, 0.15) is 0 Å². The quantitative estimate of drug-likeness (QED) is 0.166. The van der Waals surface area contributed by atoms with E-state index < -0.39 is 5.41 Å². The van der Waals surface area contributed by atoms with Gasteiger partial charge in [-0.15, -0.1) is 0 Å². The van der Waals surface area contributed by atoms with E-state index in [9.17, 15) is 0 Å². The third kappa shape index (κ3) is 5.18. The molecule has 0 unspecified atom stereocenters. The molecule has 1 aliphatic carbocycles. The molecule has 0 radical (unpaired) electrons. The molecule has 276 valence electrons. The van der Waals surface area contributed by atoms with Crippen LogP contribution in [-0.4, -0.2) is 0 Å². The predicted octanol–water partition coefficient (Wildman–Crippen LogP) is 15.1. The Kier molecular flexibility index (Phi) is 8.06. The molecular formula is C56H41NS. The van der Waals surface area contributed by atoms with Crippen LogP contribution in [0.3, 0.4) is 0 Å². The molecule has 9 aromatic rings. The van der Waals surface area contributed by atoms with E-state index in [0.29, 0.717) is 0 Å². The molecule has 0 saturated carbocycles. The monoisotopic (exact) mass is 759 g/mol. The Bertz CT molecular complexity index is 2960. The van der Waals surface area contributed by atoms with E-state index >= 15 is 0 Å². The maximum absolute atomic E-state index is 2.45. The highest BCUT2D eigenvalue weighted by atomic mass is 32.2. The molecule has 0 spiro atoms. The molecule has 0 aromatic heterocycles. The molecule has 0 amide bonds. The van der Waals surface area contributed by atoms with Crippen molar-refractivity contribution in [3.05, 3.63) is 246 Å². The lowest BCUT2D eigenvalue weighted by molar-refractivity contribution is 0.660. The van der Waals surface area contributed by atoms with Crippen LogP contribution in [0.5, 0.6) is 0 Å². The number of hydrogen-bond acceptors (Lipinski definition) is 2. The number of anilines is 3. The summed E-state index contributed by atoms with van der Waals surface area (Å²) in [6.07, 6.45) is 0. The van der Waals surface area contributed by atoms with Crippen LogP contribution in [0.4, 0.5) is 17.1 Å². The molecular weight excluding hydrogens is 719 g/mol. The minimum absolute atomic E-state index is 0.104. The van der Waals surface area contributed by atoms with Gasteiger partial charge in [0.15, 0.2) is 0 Å². The summed E-state index contributed by atoms with van der Waals surface area (Å²) < 4.78 is 0. The largest absolute Gasteiger partial charge is 0.310 e. The van der Waals surface area contributed by atoms with Crippen molar-refractivity contribution in [2.75, 3.05) is 4.90 Å². The van der Waals surface area contributed by atoms with E-state index in [2.05, 4.69) is 231 Å². The van der Waals surface area contributed by atoms with Crippen molar-refractivity contribution in [1.82, 2.24) is 0 Å². The van der Waals surface area contributed by atoms with Crippen molar-refractivity contribution in [1.29, 1.82) is 0 Å². The van der Waals surface area contributed by atoms with Crippen LogP contribution in [0.1, 0.15) is 47.2 Å².